The Morgan fingerprint density at radius 3 is 2.55 bits per heavy atom. The molecule has 1 heterocycles. The highest BCUT2D eigenvalue weighted by Crippen LogP contribution is 2.17. The molecule has 4 nitrogen and oxygen atoms in total. The first-order chi connectivity index (χ1) is 9.60. The van der Waals surface area contributed by atoms with Crippen molar-refractivity contribution in [2.75, 3.05) is 11.9 Å². The summed E-state index contributed by atoms with van der Waals surface area (Å²) in [6.07, 6.45) is 2.14. The first-order valence-corrected chi connectivity index (χ1v) is 6.12. The Bertz CT molecular complexity index is 617. The van der Waals surface area contributed by atoms with Gasteiger partial charge >= 0.3 is 0 Å². The van der Waals surface area contributed by atoms with Crippen LogP contribution < -0.4 is 5.32 Å². The van der Waals surface area contributed by atoms with Crippen LogP contribution >= 0.6 is 11.6 Å². The second kappa shape index (κ2) is 6.38. The van der Waals surface area contributed by atoms with E-state index in [0.29, 0.717) is 24.8 Å². The lowest BCUT2D eigenvalue weighted by atomic mass is 10.1. The molecule has 20 heavy (non-hydrogen) atoms. The Labute approximate surface area is 118 Å². The van der Waals surface area contributed by atoms with Crippen molar-refractivity contribution in [3.8, 4) is 0 Å². The van der Waals surface area contributed by atoms with Gasteiger partial charge < -0.3 is 5.32 Å². The maximum absolute atomic E-state index is 13.0. The number of anilines is 1. The second-order valence-electron chi connectivity index (χ2n) is 4.00. The van der Waals surface area contributed by atoms with Gasteiger partial charge in [0.05, 0.1) is 5.56 Å². The summed E-state index contributed by atoms with van der Waals surface area (Å²) < 4.78 is 26.0. The van der Waals surface area contributed by atoms with Crippen molar-refractivity contribution >= 4 is 23.7 Å². The molecule has 0 spiro atoms. The Morgan fingerprint density at radius 1 is 1.20 bits per heavy atom. The highest BCUT2D eigenvalue weighted by atomic mass is 35.5. The van der Waals surface area contributed by atoms with Crippen molar-refractivity contribution < 1.29 is 13.6 Å². The smallest absolute Gasteiger partial charge is 0.156 e. The number of aldehydes is 1. The zero-order valence-electron chi connectivity index (χ0n) is 10.2. The molecular weight excluding hydrogens is 288 g/mol. The van der Waals surface area contributed by atoms with Crippen molar-refractivity contribution in [2.24, 2.45) is 0 Å². The molecule has 0 fully saturated rings. The van der Waals surface area contributed by atoms with E-state index in [-0.39, 0.29) is 16.5 Å². The predicted molar refractivity (Wildman–Crippen MR) is 71.0 cm³/mol. The van der Waals surface area contributed by atoms with Crippen molar-refractivity contribution in [3.05, 3.63) is 52.4 Å². The van der Waals surface area contributed by atoms with Crippen molar-refractivity contribution in [3.63, 3.8) is 0 Å². The van der Waals surface area contributed by atoms with Crippen LogP contribution in [0.2, 0.25) is 5.15 Å². The minimum Gasteiger partial charge on any atom is -0.369 e. The van der Waals surface area contributed by atoms with Crippen LogP contribution in [0, 0.1) is 11.6 Å². The van der Waals surface area contributed by atoms with E-state index in [0.717, 1.165) is 6.07 Å². The van der Waals surface area contributed by atoms with Gasteiger partial charge in [-0.05, 0) is 24.1 Å². The summed E-state index contributed by atoms with van der Waals surface area (Å²) in [6.45, 7) is 0.344. The summed E-state index contributed by atoms with van der Waals surface area (Å²) >= 11 is 5.75. The van der Waals surface area contributed by atoms with E-state index in [1.807, 2.05) is 0 Å². The number of halogens is 3. The van der Waals surface area contributed by atoms with Gasteiger partial charge in [0.2, 0.25) is 0 Å². The lowest BCUT2D eigenvalue weighted by Crippen LogP contribution is -2.09. The lowest BCUT2D eigenvalue weighted by molar-refractivity contribution is 0.112. The Morgan fingerprint density at radius 2 is 1.90 bits per heavy atom. The van der Waals surface area contributed by atoms with E-state index in [4.69, 9.17) is 11.6 Å². The molecule has 0 saturated heterocycles. The average Bonchev–Trinajstić information content (AvgIpc) is 2.38. The molecule has 7 heteroatoms. The first-order valence-electron chi connectivity index (χ1n) is 5.74. The van der Waals surface area contributed by atoms with Gasteiger partial charge in [-0.1, -0.05) is 11.6 Å². The van der Waals surface area contributed by atoms with Crippen LogP contribution in [0.25, 0.3) is 0 Å². The number of hydrogen-bond donors (Lipinski definition) is 1. The fourth-order valence-corrected chi connectivity index (χ4v) is 1.88. The van der Waals surface area contributed by atoms with Crippen LogP contribution in [0.15, 0.2) is 24.5 Å². The molecule has 0 aliphatic heterocycles. The normalized spacial score (nSPS) is 10.3. The maximum Gasteiger partial charge on any atom is 0.156 e. The number of carbonyl (C=O) groups excluding carboxylic acids is 1. The van der Waals surface area contributed by atoms with E-state index in [1.165, 1.54) is 18.5 Å². The van der Waals surface area contributed by atoms with Gasteiger partial charge in [0.1, 0.15) is 28.9 Å². The van der Waals surface area contributed by atoms with E-state index in [1.54, 1.807) is 0 Å². The summed E-state index contributed by atoms with van der Waals surface area (Å²) in [5.74, 6) is -0.964. The van der Waals surface area contributed by atoms with E-state index in [9.17, 15) is 13.6 Å². The number of rotatable bonds is 5. The standard InChI is InChI=1S/C13H10ClF2N3O/c14-12-11(6-20)13(19-7-18-12)17-2-1-8-3-9(15)5-10(16)4-8/h3-7H,1-2H2,(H,17,18,19). The second-order valence-corrected chi connectivity index (χ2v) is 4.36. The summed E-state index contributed by atoms with van der Waals surface area (Å²) in [5.41, 5.74) is 0.655. The zero-order valence-corrected chi connectivity index (χ0v) is 11.0. The zero-order chi connectivity index (χ0) is 14.5. The fraction of sp³-hybridized carbons (Fsp3) is 0.154. The highest BCUT2D eigenvalue weighted by molar-refractivity contribution is 6.32. The van der Waals surface area contributed by atoms with Gasteiger partial charge in [0, 0.05) is 12.6 Å². The predicted octanol–water partition coefficient (Wildman–Crippen LogP) is 2.88. The van der Waals surface area contributed by atoms with E-state index < -0.39 is 11.6 Å². The molecule has 0 bridgehead atoms. The minimum absolute atomic E-state index is 0.0503. The molecule has 1 aromatic carbocycles. The third kappa shape index (κ3) is 3.48. The molecule has 2 aromatic rings. The molecule has 104 valence electrons. The molecule has 0 aliphatic carbocycles. The topological polar surface area (TPSA) is 54.9 Å². The molecule has 2 rings (SSSR count). The summed E-state index contributed by atoms with van der Waals surface area (Å²) in [7, 11) is 0. The van der Waals surface area contributed by atoms with Crippen LogP contribution in [0.3, 0.4) is 0 Å². The molecule has 0 atom stereocenters. The fourth-order valence-electron chi connectivity index (χ4n) is 1.70. The van der Waals surface area contributed by atoms with Gasteiger partial charge in [0.25, 0.3) is 0 Å². The van der Waals surface area contributed by atoms with Gasteiger partial charge in [0.15, 0.2) is 6.29 Å². The van der Waals surface area contributed by atoms with Crippen LogP contribution in [0.1, 0.15) is 15.9 Å². The van der Waals surface area contributed by atoms with Crippen molar-refractivity contribution in [2.45, 2.75) is 6.42 Å². The summed E-state index contributed by atoms with van der Waals surface area (Å²) in [5, 5.41) is 2.93. The molecule has 0 unspecified atom stereocenters. The minimum atomic E-state index is -0.626. The van der Waals surface area contributed by atoms with Crippen molar-refractivity contribution in [1.29, 1.82) is 0 Å². The van der Waals surface area contributed by atoms with E-state index >= 15 is 0 Å². The molecule has 1 N–H and O–H groups in total. The number of nitrogens with one attached hydrogen (secondary N) is 1. The number of aromatic nitrogens is 2. The summed E-state index contributed by atoms with van der Waals surface area (Å²) in [4.78, 5) is 18.4. The molecular formula is C13H10ClF2N3O. The quantitative estimate of drug-likeness (QED) is 0.681. The molecule has 0 aliphatic rings. The third-order valence-corrected chi connectivity index (χ3v) is 2.88. The van der Waals surface area contributed by atoms with Crippen LogP contribution in [0.5, 0.6) is 0 Å². The monoisotopic (exact) mass is 297 g/mol. The maximum atomic E-state index is 13.0. The van der Waals surface area contributed by atoms with Gasteiger partial charge in [-0.3, -0.25) is 4.79 Å². The van der Waals surface area contributed by atoms with Crippen molar-refractivity contribution in [1.82, 2.24) is 9.97 Å². The SMILES string of the molecule is O=Cc1c(Cl)ncnc1NCCc1cc(F)cc(F)c1. The number of benzene rings is 1. The van der Waals surface area contributed by atoms with Gasteiger partial charge in [-0.25, -0.2) is 18.7 Å². The third-order valence-electron chi connectivity index (χ3n) is 2.58. The number of nitrogens with zero attached hydrogens (tertiary/aromatic N) is 2. The van der Waals surface area contributed by atoms with Crippen LogP contribution in [0.4, 0.5) is 14.6 Å². The number of hydrogen-bond acceptors (Lipinski definition) is 4. The lowest BCUT2D eigenvalue weighted by Gasteiger charge is -2.08. The van der Waals surface area contributed by atoms with Gasteiger partial charge in [-0.15, -0.1) is 0 Å². The first kappa shape index (κ1) is 14.3. The molecule has 0 radical (unpaired) electrons. The Hall–Kier alpha value is -2.08. The highest BCUT2D eigenvalue weighted by Gasteiger charge is 2.08. The van der Waals surface area contributed by atoms with Gasteiger partial charge in [-0.2, -0.15) is 0 Å². The number of carbonyl (C=O) groups is 1. The molecule has 1 aromatic heterocycles. The summed E-state index contributed by atoms with van der Waals surface area (Å²) in [6, 6.07) is 3.31. The van der Waals surface area contributed by atoms with Crippen LogP contribution in [-0.4, -0.2) is 22.8 Å². The Kier molecular flexibility index (Phi) is 4.57. The average molecular weight is 298 g/mol. The van der Waals surface area contributed by atoms with Crippen LogP contribution in [-0.2, 0) is 6.42 Å². The largest absolute Gasteiger partial charge is 0.369 e. The molecule has 0 saturated carbocycles. The molecule has 0 amide bonds. The van der Waals surface area contributed by atoms with E-state index in [2.05, 4.69) is 15.3 Å². The Balaban J connectivity index is 2.03.